The Morgan fingerprint density at radius 3 is 2.21 bits per heavy atom. The number of aliphatic hydroxyl groups excluding tert-OH is 1. The largest absolute Gasteiger partial charge is 0.494 e. The Morgan fingerprint density at radius 1 is 1.09 bits per heavy atom. The Kier molecular flexibility index (Phi) is 12.6. The molecule has 8 heteroatoms. The number of β-amino-alcohol motifs (C(OH)–C–C–N with tert-alkyl or cyclic N) is 1. The number of aromatic nitrogens is 2. The number of piperidine rings is 1. The van der Waals surface area contributed by atoms with Crippen LogP contribution in [0.1, 0.15) is 48.8 Å². The molecule has 0 bridgehead atoms. The van der Waals surface area contributed by atoms with Gasteiger partial charge in [0.05, 0.1) is 30.1 Å². The van der Waals surface area contributed by atoms with Crippen molar-refractivity contribution in [3.63, 3.8) is 0 Å². The van der Waals surface area contributed by atoms with E-state index in [2.05, 4.69) is 58.8 Å². The number of hydrogen-bond donors (Lipinski definition) is 3. The van der Waals surface area contributed by atoms with Crippen LogP contribution < -0.4 is 20.7 Å². The zero-order valence-electron chi connectivity index (χ0n) is 21.2. The van der Waals surface area contributed by atoms with Crippen LogP contribution in [0.25, 0.3) is 0 Å². The third kappa shape index (κ3) is 9.37. The van der Waals surface area contributed by atoms with Gasteiger partial charge in [0.1, 0.15) is 5.75 Å². The highest BCUT2D eigenvalue weighted by Crippen LogP contribution is 2.25. The second kappa shape index (κ2) is 15.1. The van der Waals surface area contributed by atoms with Crippen LogP contribution >= 0.6 is 11.6 Å². The number of rotatable bonds is 6. The van der Waals surface area contributed by atoms with Crippen molar-refractivity contribution in [1.29, 1.82) is 0 Å². The van der Waals surface area contributed by atoms with Crippen LogP contribution in [0.4, 0.5) is 5.95 Å². The molecule has 4 N–H and O–H groups in total. The molecule has 1 unspecified atom stereocenters. The van der Waals surface area contributed by atoms with Gasteiger partial charge in [0, 0.05) is 19.6 Å². The Balaban J connectivity index is 0.000000437. The van der Waals surface area contributed by atoms with Gasteiger partial charge in [-0.25, -0.2) is 9.97 Å². The molecule has 34 heavy (non-hydrogen) atoms. The summed E-state index contributed by atoms with van der Waals surface area (Å²) in [5, 5.41) is 12.3. The number of aliphatic hydroxyl groups is 1. The van der Waals surface area contributed by atoms with Crippen LogP contribution in [-0.2, 0) is 0 Å². The van der Waals surface area contributed by atoms with E-state index in [4.69, 9.17) is 21.4 Å². The average Bonchev–Trinajstić information content (AvgIpc) is 3.34. The normalized spacial score (nSPS) is 18.0. The number of anilines is 1. The number of halogens is 1. The van der Waals surface area contributed by atoms with Crippen molar-refractivity contribution in [2.75, 3.05) is 44.7 Å². The van der Waals surface area contributed by atoms with Gasteiger partial charge in [-0.3, -0.25) is 0 Å². The molecule has 0 spiro atoms. The maximum absolute atomic E-state index is 8.67. The highest BCUT2D eigenvalue weighted by Gasteiger charge is 2.20. The molecule has 190 valence electrons. The minimum Gasteiger partial charge on any atom is -0.494 e. The second-order valence-corrected chi connectivity index (χ2v) is 9.39. The fourth-order valence-corrected chi connectivity index (χ4v) is 4.27. The van der Waals surface area contributed by atoms with Crippen LogP contribution in [0, 0.1) is 26.7 Å². The molecule has 2 aliphatic heterocycles. The molecule has 7 nitrogen and oxygen atoms in total. The first-order valence-corrected chi connectivity index (χ1v) is 12.7. The van der Waals surface area contributed by atoms with Gasteiger partial charge in [0.25, 0.3) is 0 Å². The Bertz CT molecular complexity index is 813. The molecule has 0 radical (unpaired) electrons. The number of ether oxygens (including phenoxy) is 1. The van der Waals surface area contributed by atoms with Crippen LogP contribution in [0.2, 0.25) is 5.02 Å². The van der Waals surface area contributed by atoms with Crippen LogP contribution in [0.5, 0.6) is 5.75 Å². The van der Waals surface area contributed by atoms with Crippen LogP contribution in [-0.4, -0.2) is 61.0 Å². The van der Waals surface area contributed by atoms with Gasteiger partial charge >= 0.3 is 0 Å². The summed E-state index contributed by atoms with van der Waals surface area (Å²) in [7, 11) is 1.50. The molecule has 2 fully saturated rings. The van der Waals surface area contributed by atoms with Gasteiger partial charge in [0.2, 0.25) is 5.95 Å². The highest BCUT2D eigenvalue weighted by molar-refractivity contribution is 6.30. The summed E-state index contributed by atoms with van der Waals surface area (Å²) in [5.74, 6) is 2.56. The molecule has 2 saturated heterocycles. The van der Waals surface area contributed by atoms with Gasteiger partial charge in [-0.1, -0.05) is 11.6 Å². The van der Waals surface area contributed by atoms with Gasteiger partial charge in [0.15, 0.2) is 0 Å². The van der Waals surface area contributed by atoms with E-state index in [9.17, 15) is 0 Å². The summed E-state index contributed by atoms with van der Waals surface area (Å²) in [5.41, 5.74) is 8.46. The van der Waals surface area contributed by atoms with Gasteiger partial charge in [-0.05, 0) is 101 Å². The minimum atomic E-state index is -0.0648. The summed E-state index contributed by atoms with van der Waals surface area (Å²) in [4.78, 5) is 10.9. The van der Waals surface area contributed by atoms with E-state index in [1.54, 1.807) is 12.4 Å². The van der Waals surface area contributed by atoms with Crippen molar-refractivity contribution in [1.82, 2.24) is 15.3 Å². The van der Waals surface area contributed by atoms with Gasteiger partial charge < -0.3 is 25.8 Å². The number of benzene rings is 1. The fourth-order valence-electron chi connectivity index (χ4n) is 4.17. The zero-order valence-corrected chi connectivity index (χ0v) is 21.9. The van der Waals surface area contributed by atoms with Crippen molar-refractivity contribution in [3.8, 4) is 5.75 Å². The third-order valence-electron chi connectivity index (χ3n) is 6.46. The molecule has 0 aliphatic carbocycles. The van der Waals surface area contributed by atoms with E-state index < -0.39 is 0 Å². The lowest BCUT2D eigenvalue weighted by atomic mass is 9.92. The zero-order chi connectivity index (χ0) is 24.9. The summed E-state index contributed by atoms with van der Waals surface area (Å²) >= 11 is 5.86. The number of nitrogens with one attached hydrogen (secondary N) is 1. The monoisotopic (exact) mass is 491 g/mol. The van der Waals surface area contributed by atoms with Crippen LogP contribution in [0.3, 0.4) is 0 Å². The van der Waals surface area contributed by atoms with E-state index in [-0.39, 0.29) is 6.10 Å². The van der Waals surface area contributed by atoms with Gasteiger partial charge in [-0.2, -0.15) is 0 Å². The Morgan fingerprint density at radius 2 is 1.71 bits per heavy atom. The van der Waals surface area contributed by atoms with Crippen molar-refractivity contribution < 1.29 is 9.84 Å². The van der Waals surface area contributed by atoms with Crippen LogP contribution in [0.15, 0.2) is 24.5 Å². The minimum absolute atomic E-state index is 0.0648. The summed E-state index contributed by atoms with van der Waals surface area (Å²) < 4.78 is 5.97. The standard InChI is InChI=1S/C21H28ClN3O.C4H9NO.CH5N/c1-15-11-20(12-16(2)17(15)3)26-10-4-5-18-6-8-25(9-7-18)21-23-13-19(22)14-24-21;6-4-1-2-5-3-4;1-2/h11-14,18H,4-10H2,1-3H3;4-6H,1-3H2;2H2,1H3. The topological polar surface area (TPSA) is 96.5 Å². The summed E-state index contributed by atoms with van der Waals surface area (Å²) in [6.07, 6.45) is 8.91. The molecule has 2 aromatic rings. The SMILES string of the molecule is CN.Cc1cc(OCCCC2CCN(c3ncc(Cl)cn3)CC2)cc(C)c1C.OC1CCNC1. The van der Waals surface area contributed by atoms with E-state index in [1.165, 1.54) is 43.0 Å². The summed E-state index contributed by atoms with van der Waals surface area (Å²) in [6.45, 7) is 11.1. The van der Waals surface area contributed by atoms with Crippen molar-refractivity contribution in [2.45, 2.75) is 59.0 Å². The first kappa shape index (κ1) is 28.3. The fraction of sp³-hybridized carbons (Fsp3) is 0.615. The molecular weight excluding hydrogens is 450 g/mol. The number of nitrogens with two attached hydrogens (primary N) is 1. The smallest absolute Gasteiger partial charge is 0.225 e. The lowest BCUT2D eigenvalue weighted by Gasteiger charge is -2.32. The molecule has 0 amide bonds. The van der Waals surface area contributed by atoms with Crippen molar-refractivity contribution in [3.05, 3.63) is 46.2 Å². The first-order valence-electron chi connectivity index (χ1n) is 12.3. The van der Waals surface area contributed by atoms with E-state index >= 15 is 0 Å². The van der Waals surface area contributed by atoms with Crippen molar-refractivity contribution >= 4 is 17.5 Å². The number of hydrogen-bond acceptors (Lipinski definition) is 7. The molecular formula is C26H42ClN5O2. The molecule has 1 atom stereocenters. The molecule has 0 saturated carbocycles. The lowest BCUT2D eigenvalue weighted by Crippen LogP contribution is -2.34. The first-order chi connectivity index (χ1) is 16.4. The van der Waals surface area contributed by atoms with Crippen molar-refractivity contribution in [2.24, 2.45) is 11.7 Å². The number of aryl methyl sites for hydroxylation is 2. The third-order valence-corrected chi connectivity index (χ3v) is 6.66. The second-order valence-electron chi connectivity index (χ2n) is 8.95. The van der Waals surface area contributed by atoms with E-state index in [1.807, 2.05) is 0 Å². The molecule has 2 aliphatic rings. The summed E-state index contributed by atoms with van der Waals surface area (Å²) in [6, 6.07) is 4.29. The highest BCUT2D eigenvalue weighted by atomic mass is 35.5. The maximum Gasteiger partial charge on any atom is 0.225 e. The quantitative estimate of drug-likeness (QED) is 0.524. The van der Waals surface area contributed by atoms with E-state index in [0.29, 0.717) is 5.02 Å². The number of nitrogens with zero attached hydrogens (tertiary/aromatic N) is 3. The Hall–Kier alpha value is -1.93. The molecule has 4 rings (SSSR count). The molecule has 1 aromatic heterocycles. The molecule has 3 heterocycles. The Labute approximate surface area is 210 Å². The predicted octanol–water partition coefficient (Wildman–Crippen LogP) is 4.05. The molecule has 1 aromatic carbocycles. The maximum atomic E-state index is 8.67. The lowest BCUT2D eigenvalue weighted by molar-refractivity contribution is 0.196. The van der Waals surface area contributed by atoms with E-state index in [0.717, 1.165) is 63.2 Å². The van der Waals surface area contributed by atoms with Gasteiger partial charge in [-0.15, -0.1) is 0 Å². The average molecular weight is 492 g/mol. The predicted molar refractivity (Wildman–Crippen MR) is 141 cm³/mol.